The van der Waals surface area contributed by atoms with Crippen LogP contribution >= 0.6 is 0 Å². The number of alkyl carbamates (subject to hydrolysis) is 1. The SMILES string of the molecule is COC(=O)C[C@@H](CC=O)NC(=O)OC(C)(C)C. The number of esters is 1. The van der Waals surface area contributed by atoms with Crippen LogP contribution in [0.25, 0.3) is 0 Å². The molecular formula is C11H19NO5. The van der Waals surface area contributed by atoms with Crippen molar-refractivity contribution in [3.8, 4) is 0 Å². The fraction of sp³-hybridized carbons (Fsp3) is 0.727. The van der Waals surface area contributed by atoms with Gasteiger partial charge in [-0.2, -0.15) is 0 Å². The van der Waals surface area contributed by atoms with E-state index >= 15 is 0 Å². The summed E-state index contributed by atoms with van der Waals surface area (Å²) in [4.78, 5) is 32.9. The minimum absolute atomic E-state index is 0.0361. The second kappa shape index (κ2) is 6.88. The van der Waals surface area contributed by atoms with E-state index in [9.17, 15) is 14.4 Å². The number of hydrogen-bond acceptors (Lipinski definition) is 5. The Hall–Kier alpha value is -1.59. The van der Waals surface area contributed by atoms with Crippen molar-refractivity contribution in [1.82, 2.24) is 5.32 Å². The zero-order valence-electron chi connectivity index (χ0n) is 10.6. The summed E-state index contributed by atoms with van der Waals surface area (Å²) < 4.78 is 9.47. The standard InChI is InChI=1S/C11H19NO5/c1-11(2,3)17-10(15)12-8(5-6-13)7-9(14)16-4/h6,8H,5,7H2,1-4H3,(H,12,15)/t8-/m1/s1. The quantitative estimate of drug-likeness (QED) is 0.578. The predicted molar refractivity (Wildman–Crippen MR) is 60.5 cm³/mol. The van der Waals surface area contributed by atoms with Crippen LogP contribution in [0.5, 0.6) is 0 Å². The maximum absolute atomic E-state index is 11.4. The lowest BCUT2D eigenvalue weighted by Crippen LogP contribution is -2.40. The number of rotatable bonds is 5. The summed E-state index contributed by atoms with van der Waals surface area (Å²) in [6.07, 6.45) is -0.0541. The lowest BCUT2D eigenvalue weighted by Gasteiger charge is -2.22. The highest BCUT2D eigenvalue weighted by atomic mass is 16.6. The van der Waals surface area contributed by atoms with Crippen LogP contribution in [-0.2, 0) is 19.1 Å². The molecule has 6 heteroatoms. The van der Waals surface area contributed by atoms with Crippen LogP contribution in [0, 0.1) is 0 Å². The van der Waals surface area contributed by atoms with Gasteiger partial charge in [0, 0.05) is 12.5 Å². The van der Waals surface area contributed by atoms with Crippen molar-refractivity contribution in [2.24, 2.45) is 0 Å². The molecule has 0 spiro atoms. The van der Waals surface area contributed by atoms with Crippen molar-refractivity contribution in [1.29, 1.82) is 0 Å². The van der Waals surface area contributed by atoms with Crippen LogP contribution in [0.15, 0.2) is 0 Å². The Balaban J connectivity index is 4.29. The third kappa shape index (κ3) is 8.24. The molecule has 98 valence electrons. The van der Waals surface area contributed by atoms with Crippen molar-refractivity contribution in [2.45, 2.75) is 45.3 Å². The molecule has 0 aromatic heterocycles. The van der Waals surface area contributed by atoms with Gasteiger partial charge < -0.3 is 19.6 Å². The fourth-order valence-electron chi connectivity index (χ4n) is 1.07. The van der Waals surface area contributed by atoms with Crippen LogP contribution < -0.4 is 5.32 Å². The summed E-state index contributed by atoms with van der Waals surface area (Å²) in [6.45, 7) is 5.17. The van der Waals surface area contributed by atoms with E-state index in [1.807, 2.05) is 0 Å². The monoisotopic (exact) mass is 245 g/mol. The van der Waals surface area contributed by atoms with Gasteiger partial charge in [0.1, 0.15) is 11.9 Å². The zero-order valence-corrected chi connectivity index (χ0v) is 10.6. The largest absolute Gasteiger partial charge is 0.469 e. The average Bonchev–Trinajstić information content (AvgIpc) is 2.14. The molecule has 6 nitrogen and oxygen atoms in total. The second-order valence-electron chi connectivity index (χ2n) is 4.53. The molecule has 0 radical (unpaired) electrons. The summed E-state index contributed by atoms with van der Waals surface area (Å²) in [7, 11) is 1.24. The number of amides is 1. The lowest BCUT2D eigenvalue weighted by atomic mass is 10.1. The Morgan fingerprint density at radius 3 is 2.35 bits per heavy atom. The molecule has 0 saturated heterocycles. The molecule has 0 aromatic carbocycles. The first-order chi connectivity index (χ1) is 7.78. The minimum atomic E-state index is -0.659. The van der Waals surface area contributed by atoms with Crippen LogP contribution in [0.2, 0.25) is 0 Å². The summed E-state index contributed by atoms with van der Waals surface area (Å²) >= 11 is 0. The first kappa shape index (κ1) is 15.4. The molecule has 0 aromatic rings. The molecular weight excluding hydrogens is 226 g/mol. The van der Waals surface area contributed by atoms with Crippen LogP contribution in [-0.4, -0.2) is 37.1 Å². The number of aldehydes is 1. The molecule has 1 amide bonds. The van der Waals surface area contributed by atoms with Crippen LogP contribution in [0.4, 0.5) is 4.79 Å². The van der Waals surface area contributed by atoms with Gasteiger partial charge in [0.2, 0.25) is 0 Å². The second-order valence-corrected chi connectivity index (χ2v) is 4.53. The molecule has 0 bridgehead atoms. The maximum atomic E-state index is 11.4. The van der Waals surface area contributed by atoms with Gasteiger partial charge in [0.15, 0.2) is 0 Å². The number of ether oxygens (including phenoxy) is 2. The average molecular weight is 245 g/mol. The maximum Gasteiger partial charge on any atom is 0.407 e. The van der Waals surface area contributed by atoms with E-state index in [0.717, 1.165) is 0 Å². The number of hydrogen-bond donors (Lipinski definition) is 1. The predicted octanol–water partition coefficient (Wildman–Crippen LogP) is 1.03. The molecule has 0 heterocycles. The first-order valence-corrected chi connectivity index (χ1v) is 5.28. The molecule has 0 aliphatic rings. The van der Waals surface area contributed by atoms with Gasteiger partial charge in [-0.3, -0.25) is 4.79 Å². The number of nitrogens with one attached hydrogen (secondary N) is 1. The van der Waals surface area contributed by atoms with Crippen LogP contribution in [0.1, 0.15) is 33.6 Å². The third-order valence-corrected chi connectivity index (χ3v) is 1.74. The molecule has 1 N–H and O–H groups in total. The van der Waals surface area contributed by atoms with Gasteiger partial charge in [0.25, 0.3) is 0 Å². The Morgan fingerprint density at radius 1 is 1.35 bits per heavy atom. The third-order valence-electron chi connectivity index (χ3n) is 1.74. The lowest BCUT2D eigenvalue weighted by molar-refractivity contribution is -0.141. The van der Waals surface area contributed by atoms with Crippen molar-refractivity contribution >= 4 is 18.3 Å². The van der Waals surface area contributed by atoms with Gasteiger partial charge in [-0.15, -0.1) is 0 Å². The topological polar surface area (TPSA) is 81.7 Å². The van der Waals surface area contributed by atoms with Crippen LogP contribution in [0.3, 0.4) is 0 Å². The first-order valence-electron chi connectivity index (χ1n) is 5.28. The van der Waals surface area contributed by atoms with Crippen molar-refractivity contribution in [2.75, 3.05) is 7.11 Å². The Bertz CT molecular complexity index is 282. The summed E-state index contributed by atoms with van der Waals surface area (Å²) in [5.74, 6) is -0.493. The van der Waals surface area contributed by atoms with Gasteiger partial charge in [-0.25, -0.2) is 4.79 Å². The highest BCUT2D eigenvalue weighted by Gasteiger charge is 2.21. The summed E-state index contributed by atoms with van der Waals surface area (Å²) in [6, 6.07) is -0.602. The fourth-order valence-corrected chi connectivity index (χ4v) is 1.07. The summed E-state index contributed by atoms with van der Waals surface area (Å²) in [5, 5.41) is 2.45. The van der Waals surface area contributed by atoms with Gasteiger partial charge in [0.05, 0.1) is 13.5 Å². The molecule has 1 atom stereocenters. The summed E-state index contributed by atoms with van der Waals surface area (Å²) in [5.41, 5.74) is -0.624. The number of carbonyl (C=O) groups is 3. The Morgan fingerprint density at radius 2 is 1.94 bits per heavy atom. The van der Waals surface area contributed by atoms with Gasteiger partial charge in [-0.05, 0) is 20.8 Å². The molecule has 0 aliphatic heterocycles. The molecule has 0 saturated carbocycles. The number of methoxy groups -OCH3 is 1. The Labute approximate surface area is 101 Å². The highest BCUT2D eigenvalue weighted by molar-refractivity contribution is 5.73. The van der Waals surface area contributed by atoms with Gasteiger partial charge in [-0.1, -0.05) is 0 Å². The zero-order chi connectivity index (χ0) is 13.5. The van der Waals surface area contributed by atoms with E-state index in [1.54, 1.807) is 20.8 Å². The van der Waals surface area contributed by atoms with E-state index < -0.39 is 23.7 Å². The smallest absolute Gasteiger partial charge is 0.407 e. The minimum Gasteiger partial charge on any atom is -0.469 e. The van der Waals surface area contributed by atoms with Crippen molar-refractivity contribution < 1.29 is 23.9 Å². The van der Waals surface area contributed by atoms with E-state index in [2.05, 4.69) is 10.1 Å². The molecule has 0 unspecified atom stereocenters. The van der Waals surface area contributed by atoms with Gasteiger partial charge >= 0.3 is 12.1 Å². The van der Waals surface area contributed by atoms with E-state index in [4.69, 9.17) is 4.74 Å². The highest BCUT2D eigenvalue weighted by Crippen LogP contribution is 2.08. The van der Waals surface area contributed by atoms with E-state index in [1.165, 1.54) is 7.11 Å². The Kier molecular flexibility index (Phi) is 6.23. The van der Waals surface area contributed by atoms with Crippen molar-refractivity contribution in [3.05, 3.63) is 0 Å². The molecule has 0 aliphatic carbocycles. The normalized spacial score (nSPS) is 12.5. The molecule has 0 fully saturated rings. The molecule has 0 rings (SSSR count). The van der Waals surface area contributed by atoms with E-state index in [-0.39, 0.29) is 12.8 Å². The van der Waals surface area contributed by atoms with Crippen molar-refractivity contribution in [3.63, 3.8) is 0 Å². The van der Waals surface area contributed by atoms with E-state index in [0.29, 0.717) is 6.29 Å². The number of carbonyl (C=O) groups excluding carboxylic acids is 3. The molecule has 17 heavy (non-hydrogen) atoms.